The number of anilines is 3. The molecule has 30 heavy (non-hydrogen) atoms. The van der Waals surface area contributed by atoms with Crippen LogP contribution in [0.15, 0.2) is 36.7 Å². The molecule has 0 spiro atoms. The Morgan fingerprint density at radius 3 is 1.97 bits per heavy atom. The van der Waals surface area contributed by atoms with Gasteiger partial charge in [0, 0.05) is 18.5 Å². The van der Waals surface area contributed by atoms with Crippen LogP contribution in [0.3, 0.4) is 0 Å². The topological polar surface area (TPSA) is 89.6 Å². The third-order valence-corrected chi connectivity index (χ3v) is 4.36. The van der Waals surface area contributed by atoms with Gasteiger partial charge >= 0.3 is 0 Å². The first-order valence-electron chi connectivity index (χ1n) is 8.96. The number of halogens is 5. The van der Waals surface area contributed by atoms with Crippen LogP contribution in [0, 0.1) is 23.3 Å². The lowest BCUT2D eigenvalue weighted by molar-refractivity contribution is 0.161. The largest absolute Gasteiger partial charge is 0.368 e. The molecule has 1 aromatic carbocycles. The van der Waals surface area contributed by atoms with Gasteiger partial charge < -0.3 is 11.1 Å². The maximum Gasteiger partial charge on any atom is 0.232 e. The van der Waals surface area contributed by atoms with Gasteiger partial charge in [-0.2, -0.15) is 15.0 Å². The van der Waals surface area contributed by atoms with Gasteiger partial charge in [0.2, 0.25) is 11.9 Å². The van der Waals surface area contributed by atoms with Crippen LogP contribution in [0.25, 0.3) is 0 Å². The predicted molar refractivity (Wildman–Crippen MR) is 99.3 cm³/mol. The second-order valence-electron chi connectivity index (χ2n) is 6.51. The molecule has 1 fully saturated rings. The Kier molecular flexibility index (Phi) is 6.38. The molecule has 3 N–H and O–H groups in total. The number of nitrogen functional groups attached to an aromatic ring is 1. The molecule has 0 bridgehead atoms. The van der Waals surface area contributed by atoms with Crippen molar-refractivity contribution in [1.82, 2.24) is 19.9 Å². The quantitative estimate of drug-likeness (QED) is 0.473. The molecule has 0 unspecified atom stereocenters. The van der Waals surface area contributed by atoms with Crippen LogP contribution in [-0.2, 0) is 5.67 Å². The number of pyridine rings is 1. The van der Waals surface area contributed by atoms with E-state index in [0.717, 1.165) is 0 Å². The first-order valence-corrected chi connectivity index (χ1v) is 8.96. The number of alkyl halides is 1. The summed E-state index contributed by atoms with van der Waals surface area (Å²) in [6.07, 6.45) is 5.10. The molecule has 3 aromatic rings. The monoisotopic (exact) mass is 424 g/mol. The van der Waals surface area contributed by atoms with Crippen molar-refractivity contribution in [2.45, 2.75) is 31.4 Å². The van der Waals surface area contributed by atoms with E-state index in [1.165, 1.54) is 0 Å². The van der Waals surface area contributed by atoms with Crippen molar-refractivity contribution < 1.29 is 22.0 Å². The van der Waals surface area contributed by atoms with E-state index < -0.39 is 40.6 Å². The summed E-state index contributed by atoms with van der Waals surface area (Å²) in [6, 6.07) is 5.78. The SMILES string of the molecule is Nc1nc(Nc2c(F)c(F)cc(F)c2F)nc(C2(F)CCCC2)n1.c1ccncc1. The second kappa shape index (κ2) is 8.97. The minimum absolute atomic E-state index is 0.0676. The van der Waals surface area contributed by atoms with E-state index in [0.29, 0.717) is 12.8 Å². The summed E-state index contributed by atoms with van der Waals surface area (Å²) in [5.74, 6) is -7.70. The van der Waals surface area contributed by atoms with E-state index in [9.17, 15) is 22.0 Å². The fourth-order valence-corrected chi connectivity index (χ4v) is 2.91. The maximum absolute atomic E-state index is 14.7. The van der Waals surface area contributed by atoms with E-state index in [1.54, 1.807) is 12.4 Å². The molecule has 2 heterocycles. The summed E-state index contributed by atoms with van der Waals surface area (Å²) in [7, 11) is 0. The van der Waals surface area contributed by atoms with Gasteiger partial charge in [-0.3, -0.25) is 4.98 Å². The number of nitrogens with one attached hydrogen (secondary N) is 1. The Morgan fingerprint density at radius 1 is 0.867 bits per heavy atom. The lowest BCUT2D eigenvalue weighted by Gasteiger charge is -2.18. The Labute approximate surface area is 168 Å². The number of rotatable bonds is 3. The van der Waals surface area contributed by atoms with E-state index in [2.05, 4.69) is 19.9 Å². The smallest absolute Gasteiger partial charge is 0.232 e. The number of hydrogen-bond donors (Lipinski definition) is 2. The van der Waals surface area contributed by atoms with Crippen LogP contribution in [0.4, 0.5) is 39.5 Å². The van der Waals surface area contributed by atoms with Crippen molar-refractivity contribution in [1.29, 1.82) is 0 Å². The van der Waals surface area contributed by atoms with Crippen LogP contribution < -0.4 is 11.1 Å². The summed E-state index contributed by atoms with van der Waals surface area (Å²) in [5.41, 5.74) is 2.51. The Balaban J connectivity index is 0.000000367. The van der Waals surface area contributed by atoms with Gasteiger partial charge in [-0.25, -0.2) is 22.0 Å². The molecule has 158 valence electrons. The molecular weight excluding hydrogens is 407 g/mol. The standard InChI is InChI=1S/C14H12F5N5.C5H5N/c15-6-5-7(16)9(18)10(8(6)17)21-13-23-11(22-12(20)24-13)14(19)3-1-2-4-14;1-2-4-6-5-3-1/h5H,1-4H2,(H3,20,21,22,23,24);1-5H. The zero-order chi connectivity index (χ0) is 21.7. The van der Waals surface area contributed by atoms with Crippen molar-refractivity contribution in [3.8, 4) is 0 Å². The minimum atomic E-state index is -1.82. The average Bonchev–Trinajstić information content (AvgIpc) is 3.19. The van der Waals surface area contributed by atoms with E-state index >= 15 is 0 Å². The number of benzene rings is 1. The van der Waals surface area contributed by atoms with E-state index in [4.69, 9.17) is 5.73 Å². The van der Waals surface area contributed by atoms with Crippen LogP contribution >= 0.6 is 0 Å². The minimum Gasteiger partial charge on any atom is -0.368 e. The molecule has 4 rings (SSSR count). The highest BCUT2D eigenvalue weighted by atomic mass is 19.2. The zero-order valence-corrected chi connectivity index (χ0v) is 15.5. The molecule has 0 atom stereocenters. The van der Waals surface area contributed by atoms with Gasteiger partial charge in [-0.05, 0) is 37.8 Å². The molecule has 0 radical (unpaired) electrons. The molecule has 11 heteroatoms. The lowest BCUT2D eigenvalue weighted by atomic mass is 10.0. The maximum atomic E-state index is 14.7. The highest BCUT2D eigenvalue weighted by molar-refractivity contribution is 5.56. The molecule has 2 aromatic heterocycles. The first-order chi connectivity index (χ1) is 14.3. The molecule has 0 amide bonds. The second-order valence-corrected chi connectivity index (χ2v) is 6.51. The van der Waals surface area contributed by atoms with Gasteiger partial charge in [0.1, 0.15) is 5.69 Å². The zero-order valence-electron chi connectivity index (χ0n) is 15.5. The summed E-state index contributed by atoms with van der Waals surface area (Å²) in [4.78, 5) is 14.8. The number of aromatic nitrogens is 4. The number of hydrogen-bond acceptors (Lipinski definition) is 6. The molecule has 1 aliphatic rings. The van der Waals surface area contributed by atoms with Crippen molar-refractivity contribution >= 4 is 17.6 Å². The summed E-state index contributed by atoms with van der Waals surface area (Å²) in [5, 5.41) is 2.01. The lowest BCUT2D eigenvalue weighted by Crippen LogP contribution is -2.21. The van der Waals surface area contributed by atoms with Crippen molar-refractivity contribution in [2.75, 3.05) is 11.1 Å². The van der Waals surface area contributed by atoms with Crippen molar-refractivity contribution in [3.05, 3.63) is 65.8 Å². The van der Waals surface area contributed by atoms with Gasteiger partial charge in [-0.15, -0.1) is 0 Å². The van der Waals surface area contributed by atoms with Gasteiger partial charge in [0.15, 0.2) is 34.8 Å². The number of nitrogens with zero attached hydrogens (tertiary/aromatic N) is 4. The first kappa shape index (κ1) is 21.3. The summed E-state index contributed by atoms with van der Waals surface area (Å²) in [6.45, 7) is 0. The normalized spacial score (nSPS) is 14.7. The fourth-order valence-electron chi connectivity index (χ4n) is 2.91. The average molecular weight is 424 g/mol. The molecule has 0 aliphatic heterocycles. The van der Waals surface area contributed by atoms with Crippen LogP contribution in [0.5, 0.6) is 0 Å². The van der Waals surface area contributed by atoms with E-state index in [-0.39, 0.29) is 30.7 Å². The predicted octanol–water partition coefficient (Wildman–Crippen LogP) is 4.57. The van der Waals surface area contributed by atoms with Crippen molar-refractivity contribution in [2.24, 2.45) is 0 Å². The van der Waals surface area contributed by atoms with Crippen molar-refractivity contribution in [3.63, 3.8) is 0 Å². The van der Waals surface area contributed by atoms with Crippen LogP contribution in [0.2, 0.25) is 0 Å². The third kappa shape index (κ3) is 4.78. The highest BCUT2D eigenvalue weighted by Crippen LogP contribution is 2.41. The summed E-state index contributed by atoms with van der Waals surface area (Å²) >= 11 is 0. The van der Waals surface area contributed by atoms with E-state index in [1.807, 2.05) is 23.5 Å². The molecule has 1 saturated carbocycles. The Hall–Kier alpha value is -3.37. The highest BCUT2D eigenvalue weighted by Gasteiger charge is 2.39. The molecule has 6 nitrogen and oxygen atoms in total. The molecule has 0 saturated heterocycles. The molecular formula is C19H17F5N6. The Morgan fingerprint density at radius 2 is 1.47 bits per heavy atom. The van der Waals surface area contributed by atoms with Gasteiger partial charge in [0.05, 0.1) is 0 Å². The third-order valence-electron chi connectivity index (χ3n) is 4.36. The van der Waals surface area contributed by atoms with Gasteiger partial charge in [0.25, 0.3) is 0 Å². The van der Waals surface area contributed by atoms with Crippen LogP contribution in [-0.4, -0.2) is 19.9 Å². The number of nitrogens with two attached hydrogens (primary N) is 1. The van der Waals surface area contributed by atoms with Gasteiger partial charge in [-0.1, -0.05) is 6.07 Å². The van der Waals surface area contributed by atoms with Crippen LogP contribution in [0.1, 0.15) is 31.5 Å². The summed E-state index contributed by atoms with van der Waals surface area (Å²) < 4.78 is 68.6. The fraction of sp³-hybridized carbons (Fsp3) is 0.263. The molecule has 1 aliphatic carbocycles. The Bertz CT molecular complexity index is 959.